The van der Waals surface area contributed by atoms with Gasteiger partial charge in [0.2, 0.25) is 0 Å². The molecule has 0 amide bonds. The number of hydrogen-bond acceptors (Lipinski definition) is 3. The normalized spacial score (nSPS) is 10.3. The first kappa shape index (κ1) is 8.69. The molecule has 0 unspecified atom stereocenters. The van der Waals surface area contributed by atoms with Crippen LogP contribution in [0.5, 0.6) is 0 Å². The Morgan fingerprint density at radius 2 is 2.07 bits per heavy atom. The first-order valence-corrected chi connectivity index (χ1v) is 4.26. The number of para-hydroxylation sites is 1. The van der Waals surface area contributed by atoms with Crippen molar-refractivity contribution in [2.24, 2.45) is 0 Å². The Hall–Kier alpha value is -1.90. The van der Waals surface area contributed by atoms with Gasteiger partial charge >= 0.3 is 5.63 Å². The lowest BCUT2D eigenvalue weighted by Gasteiger charge is -1.99. The van der Waals surface area contributed by atoms with E-state index >= 15 is 0 Å². The van der Waals surface area contributed by atoms with Crippen LogP contribution in [0.25, 0.3) is 11.0 Å². The van der Waals surface area contributed by atoms with Crippen molar-refractivity contribution in [3.8, 4) is 0 Å². The van der Waals surface area contributed by atoms with E-state index in [0.29, 0.717) is 5.58 Å². The van der Waals surface area contributed by atoms with Gasteiger partial charge in [-0.3, -0.25) is 0 Å². The Labute approximate surface area is 80.0 Å². The summed E-state index contributed by atoms with van der Waals surface area (Å²) in [7, 11) is 0. The van der Waals surface area contributed by atoms with Gasteiger partial charge in [0.05, 0.1) is 0 Å². The van der Waals surface area contributed by atoms with E-state index in [0.717, 1.165) is 17.2 Å². The third kappa shape index (κ3) is 1.44. The zero-order chi connectivity index (χ0) is 9.97. The fraction of sp³-hybridized carbons (Fsp3) is 0.0909. The van der Waals surface area contributed by atoms with E-state index in [1.165, 1.54) is 6.07 Å². The predicted molar refractivity (Wildman–Crippen MR) is 52.3 cm³/mol. The molecule has 0 aliphatic rings. The Kier molecular flexibility index (Phi) is 2.14. The molecule has 1 heterocycles. The molecule has 0 radical (unpaired) electrons. The smallest absolute Gasteiger partial charge is 0.336 e. The monoisotopic (exact) mass is 188 g/mol. The molecule has 3 nitrogen and oxygen atoms in total. The van der Waals surface area contributed by atoms with E-state index in [1.54, 1.807) is 12.1 Å². The van der Waals surface area contributed by atoms with Crippen molar-refractivity contribution in [3.05, 3.63) is 46.3 Å². The number of carbonyl (C=O) groups excluding carboxylic acids is 1. The van der Waals surface area contributed by atoms with Crippen molar-refractivity contribution >= 4 is 17.3 Å². The van der Waals surface area contributed by atoms with Crippen LogP contribution in [0.3, 0.4) is 0 Å². The molecule has 0 atom stereocenters. The Balaban J connectivity index is 2.76. The summed E-state index contributed by atoms with van der Waals surface area (Å²) in [5.41, 5.74) is 0.859. The number of hydrogen-bond donors (Lipinski definition) is 0. The Morgan fingerprint density at radius 3 is 2.86 bits per heavy atom. The highest BCUT2D eigenvalue weighted by atomic mass is 16.4. The molecule has 3 heteroatoms. The molecule has 0 saturated carbocycles. The third-order valence-corrected chi connectivity index (χ3v) is 2.03. The van der Waals surface area contributed by atoms with Crippen LogP contribution in [0, 0.1) is 0 Å². The van der Waals surface area contributed by atoms with Crippen molar-refractivity contribution in [2.45, 2.75) is 6.42 Å². The molecule has 70 valence electrons. The lowest BCUT2D eigenvalue weighted by molar-refractivity contribution is -0.107. The van der Waals surface area contributed by atoms with Crippen LogP contribution >= 0.6 is 0 Å². The summed E-state index contributed by atoms with van der Waals surface area (Å²) in [5.74, 6) is 0. The van der Waals surface area contributed by atoms with Crippen molar-refractivity contribution in [1.29, 1.82) is 0 Å². The summed E-state index contributed by atoms with van der Waals surface area (Å²) in [6.07, 6.45) is 1.06. The number of benzene rings is 1. The van der Waals surface area contributed by atoms with Gasteiger partial charge in [0.25, 0.3) is 0 Å². The first-order valence-electron chi connectivity index (χ1n) is 4.26. The van der Waals surface area contributed by atoms with Gasteiger partial charge in [-0.1, -0.05) is 18.2 Å². The van der Waals surface area contributed by atoms with Crippen molar-refractivity contribution in [2.75, 3.05) is 0 Å². The molecule has 1 aromatic heterocycles. The van der Waals surface area contributed by atoms with Gasteiger partial charge in [-0.05, 0) is 6.07 Å². The maximum absolute atomic E-state index is 11.0. The van der Waals surface area contributed by atoms with Crippen molar-refractivity contribution in [3.63, 3.8) is 0 Å². The summed E-state index contributed by atoms with van der Waals surface area (Å²) in [6, 6.07) is 8.51. The van der Waals surface area contributed by atoms with Gasteiger partial charge in [-0.2, -0.15) is 0 Å². The van der Waals surface area contributed by atoms with Gasteiger partial charge in [0, 0.05) is 23.4 Å². The van der Waals surface area contributed by atoms with Crippen LogP contribution in [0.15, 0.2) is 39.5 Å². The van der Waals surface area contributed by atoms with Crippen LogP contribution in [-0.4, -0.2) is 6.29 Å². The van der Waals surface area contributed by atoms with Gasteiger partial charge in [0.1, 0.15) is 11.9 Å². The van der Waals surface area contributed by atoms with E-state index in [-0.39, 0.29) is 6.42 Å². The highest BCUT2D eigenvalue weighted by molar-refractivity contribution is 5.81. The predicted octanol–water partition coefficient (Wildman–Crippen LogP) is 1.53. The summed E-state index contributed by atoms with van der Waals surface area (Å²) in [4.78, 5) is 21.4. The molecule has 2 aromatic rings. The minimum Gasteiger partial charge on any atom is -0.422 e. The summed E-state index contributed by atoms with van der Waals surface area (Å²) < 4.78 is 5.03. The maximum Gasteiger partial charge on any atom is 0.336 e. The second-order valence-corrected chi connectivity index (χ2v) is 2.96. The topological polar surface area (TPSA) is 47.3 Å². The molecule has 0 spiro atoms. The molecule has 0 fully saturated rings. The molecule has 0 N–H and O–H groups in total. The number of fused-ring (bicyclic) bond motifs is 1. The van der Waals surface area contributed by atoms with Crippen LogP contribution < -0.4 is 5.63 Å². The van der Waals surface area contributed by atoms with E-state index in [4.69, 9.17) is 4.42 Å². The standard InChI is InChI=1S/C11H8O3/c12-7-6-9-3-1-2-8-4-5-10(13)14-11(8)9/h1-5,7H,6H2. The van der Waals surface area contributed by atoms with Gasteiger partial charge < -0.3 is 9.21 Å². The van der Waals surface area contributed by atoms with E-state index < -0.39 is 5.63 Å². The summed E-state index contributed by atoms with van der Waals surface area (Å²) in [5, 5.41) is 0.837. The highest BCUT2D eigenvalue weighted by Crippen LogP contribution is 2.16. The average molecular weight is 188 g/mol. The maximum atomic E-state index is 11.0. The summed E-state index contributed by atoms with van der Waals surface area (Å²) >= 11 is 0. The lowest BCUT2D eigenvalue weighted by atomic mass is 10.1. The Bertz CT molecular complexity index is 525. The third-order valence-electron chi connectivity index (χ3n) is 2.03. The minimum absolute atomic E-state index is 0.268. The molecule has 0 aliphatic heterocycles. The fourth-order valence-electron chi connectivity index (χ4n) is 1.40. The molecular weight excluding hydrogens is 180 g/mol. The zero-order valence-corrected chi connectivity index (χ0v) is 7.40. The molecule has 0 aliphatic carbocycles. The second-order valence-electron chi connectivity index (χ2n) is 2.96. The van der Waals surface area contributed by atoms with E-state index in [1.807, 2.05) is 12.1 Å². The second kappa shape index (κ2) is 3.46. The molecule has 14 heavy (non-hydrogen) atoms. The fourth-order valence-corrected chi connectivity index (χ4v) is 1.40. The van der Waals surface area contributed by atoms with Crippen LogP contribution in [0.4, 0.5) is 0 Å². The molecule has 0 bridgehead atoms. The number of rotatable bonds is 2. The highest BCUT2D eigenvalue weighted by Gasteiger charge is 2.02. The average Bonchev–Trinajstić information content (AvgIpc) is 2.19. The molecule has 2 rings (SSSR count). The van der Waals surface area contributed by atoms with Crippen LogP contribution in [-0.2, 0) is 11.2 Å². The van der Waals surface area contributed by atoms with Gasteiger partial charge in [-0.15, -0.1) is 0 Å². The van der Waals surface area contributed by atoms with Crippen LogP contribution in [0.2, 0.25) is 0 Å². The SMILES string of the molecule is O=CCc1cccc2ccc(=O)oc12. The van der Waals surface area contributed by atoms with E-state index in [2.05, 4.69) is 0 Å². The Morgan fingerprint density at radius 1 is 1.21 bits per heavy atom. The first-order chi connectivity index (χ1) is 6.81. The number of aldehydes is 1. The van der Waals surface area contributed by atoms with Gasteiger partial charge in [0.15, 0.2) is 0 Å². The van der Waals surface area contributed by atoms with Gasteiger partial charge in [-0.25, -0.2) is 4.79 Å². The molecule has 0 saturated heterocycles. The molecule has 1 aromatic carbocycles. The van der Waals surface area contributed by atoms with Crippen LogP contribution in [0.1, 0.15) is 5.56 Å². The van der Waals surface area contributed by atoms with Crippen molar-refractivity contribution < 1.29 is 9.21 Å². The van der Waals surface area contributed by atoms with E-state index in [9.17, 15) is 9.59 Å². The zero-order valence-electron chi connectivity index (χ0n) is 7.40. The molecular formula is C11H8O3. The quantitative estimate of drug-likeness (QED) is 0.530. The number of carbonyl (C=O) groups is 1. The summed E-state index contributed by atoms with van der Waals surface area (Å²) in [6.45, 7) is 0. The lowest BCUT2D eigenvalue weighted by Crippen LogP contribution is -1.97. The largest absolute Gasteiger partial charge is 0.422 e. The van der Waals surface area contributed by atoms with Crippen molar-refractivity contribution in [1.82, 2.24) is 0 Å². The minimum atomic E-state index is -0.393.